The molecule has 0 saturated heterocycles. The monoisotopic (exact) mass is 604 g/mol. The molecule has 0 fully saturated rings. The molecular formula is C34H44N4O6. The molecule has 3 amide bonds. The number of benzene rings is 3. The van der Waals surface area contributed by atoms with Crippen LogP contribution in [0, 0.1) is 0 Å². The number of unbranched alkanes of at least 4 members (excludes halogenated alkanes) is 1. The summed E-state index contributed by atoms with van der Waals surface area (Å²) in [6, 6.07) is 28.6. The number of alkyl carbamates (subject to hydrolysis) is 2. The fraction of sp³-hybridized carbons (Fsp3) is 0.382. The van der Waals surface area contributed by atoms with Crippen molar-refractivity contribution in [3.63, 3.8) is 0 Å². The number of hydrogen-bond donors (Lipinski definition) is 3. The minimum Gasteiger partial charge on any atom is -0.445 e. The minimum atomic E-state index is -0.489. The van der Waals surface area contributed by atoms with E-state index < -0.39 is 12.2 Å². The molecule has 0 bridgehead atoms. The fourth-order valence-corrected chi connectivity index (χ4v) is 4.20. The van der Waals surface area contributed by atoms with Gasteiger partial charge in [0.2, 0.25) is 0 Å². The molecule has 0 unspecified atom stereocenters. The fourth-order valence-electron chi connectivity index (χ4n) is 4.20. The Morgan fingerprint density at radius 1 is 0.500 bits per heavy atom. The highest BCUT2D eigenvalue weighted by molar-refractivity contribution is 5.68. The van der Waals surface area contributed by atoms with Crippen LogP contribution in [0.25, 0.3) is 0 Å². The van der Waals surface area contributed by atoms with Crippen LogP contribution >= 0.6 is 0 Å². The molecule has 10 heteroatoms. The number of amides is 3. The summed E-state index contributed by atoms with van der Waals surface area (Å²) in [5, 5.41) is 8.87. The summed E-state index contributed by atoms with van der Waals surface area (Å²) in [5.74, 6) is 0. The molecule has 0 spiro atoms. The van der Waals surface area contributed by atoms with Gasteiger partial charge in [0.05, 0.1) is 0 Å². The van der Waals surface area contributed by atoms with Crippen molar-refractivity contribution in [2.45, 2.75) is 45.5 Å². The van der Waals surface area contributed by atoms with Crippen molar-refractivity contribution in [2.24, 2.45) is 0 Å². The first-order valence-electron chi connectivity index (χ1n) is 15.2. The van der Waals surface area contributed by atoms with Crippen molar-refractivity contribution >= 4 is 18.3 Å². The number of hydrogen-bond acceptors (Lipinski definition) is 7. The Morgan fingerprint density at radius 3 is 1.45 bits per heavy atom. The zero-order valence-electron chi connectivity index (χ0n) is 25.2. The lowest BCUT2D eigenvalue weighted by molar-refractivity contribution is 0.0949. The Hall–Kier alpha value is -4.57. The van der Waals surface area contributed by atoms with Crippen LogP contribution in [0.2, 0.25) is 0 Å². The van der Waals surface area contributed by atoms with E-state index in [0.29, 0.717) is 32.6 Å². The molecule has 0 aliphatic heterocycles. The summed E-state index contributed by atoms with van der Waals surface area (Å²) in [4.78, 5) is 38.4. The second kappa shape index (κ2) is 21.2. The van der Waals surface area contributed by atoms with E-state index in [0.717, 1.165) is 49.0 Å². The lowest BCUT2D eigenvalue weighted by Gasteiger charge is -2.22. The Labute approximate surface area is 260 Å². The first-order valence-corrected chi connectivity index (χ1v) is 15.2. The van der Waals surface area contributed by atoms with Gasteiger partial charge in [-0.05, 0) is 55.5 Å². The third kappa shape index (κ3) is 15.1. The lowest BCUT2D eigenvalue weighted by Crippen LogP contribution is -2.36. The molecular weight excluding hydrogens is 560 g/mol. The van der Waals surface area contributed by atoms with Crippen LogP contribution in [0.4, 0.5) is 14.4 Å². The molecule has 0 heterocycles. The second-order valence-electron chi connectivity index (χ2n) is 10.2. The van der Waals surface area contributed by atoms with E-state index in [9.17, 15) is 14.4 Å². The number of carbonyl (C=O) groups excluding carboxylic acids is 3. The van der Waals surface area contributed by atoms with Gasteiger partial charge >= 0.3 is 18.3 Å². The van der Waals surface area contributed by atoms with Gasteiger partial charge in [-0.2, -0.15) is 0 Å². The van der Waals surface area contributed by atoms with Crippen LogP contribution in [-0.4, -0.2) is 62.4 Å². The Kier molecular flexibility index (Phi) is 16.3. The van der Waals surface area contributed by atoms with Crippen molar-refractivity contribution in [3.8, 4) is 0 Å². The number of nitrogens with one attached hydrogen (secondary N) is 3. The summed E-state index contributed by atoms with van der Waals surface area (Å²) in [7, 11) is 0. The van der Waals surface area contributed by atoms with Gasteiger partial charge in [-0.25, -0.2) is 14.4 Å². The first-order chi connectivity index (χ1) is 21.6. The van der Waals surface area contributed by atoms with Crippen LogP contribution in [0.15, 0.2) is 91.0 Å². The van der Waals surface area contributed by atoms with E-state index >= 15 is 0 Å². The van der Waals surface area contributed by atoms with Crippen molar-refractivity contribution in [3.05, 3.63) is 108 Å². The zero-order valence-corrected chi connectivity index (χ0v) is 25.2. The minimum absolute atomic E-state index is 0.204. The first kappa shape index (κ1) is 33.9. The van der Waals surface area contributed by atoms with E-state index in [1.165, 1.54) is 0 Å². The highest BCUT2D eigenvalue weighted by atomic mass is 16.6. The van der Waals surface area contributed by atoms with Crippen LogP contribution in [0.5, 0.6) is 0 Å². The summed E-state index contributed by atoms with van der Waals surface area (Å²) in [6.45, 7) is 4.11. The van der Waals surface area contributed by atoms with Crippen molar-refractivity contribution in [2.75, 3.05) is 39.3 Å². The topological polar surface area (TPSA) is 118 Å². The predicted molar refractivity (Wildman–Crippen MR) is 169 cm³/mol. The molecule has 3 aromatic rings. The van der Waals surface area contributed by atoms with Gasteiger partial charge in [-0.1, -0.05) is 91.0 Å². The largest absolute Gasteiger partial charge is 0.445 e. The Morgan fingerprint density at radius 2 is 0.932 bits per heavy atom. The normalized spacial score (nSPS) is 10.5. The van der Waals surface area contributed by atoms with Gasteiger partial charge < -0.3 is 35.1 Å². The van der Waals surface area contributed by atoms with Crippen molar-refractivity contribution in [1.29, 1.82) is 0 Å². The van der Waals surface area contributed by atoms with E-state index in [1.807, 2.05) is 91.0 Å². The lowest BCUT2D eigenvalue weighted by atomic mass is 10.2. The van der Waals surface area contributed by atoms with E-state index in [2.05, 4.69) is 16.0 Å². The van der Waals surface area contributed by atoms with E-state index in [4.69, 9.17) is 14.2 Å². The molecule has 10 nitrogen and oxygen atoms in total. The smallest absolute Gasteiger partial charge is 0.410 e. The summed E-state index contributed by atoms with van der Waals surface area (Å²) in [6.07, 6.45) is 1.73. The van der Waals surface area contributed by atoms with Crippen molar-refractivity contribution < 1.29 is 28.6 Å². The van der Waals surface area contributed by atoms with Crippen molar-refractivity contribution in [1.82, 2.24) is 20.9 Å². The molecule has 0 radical (unpaired) electrons. The molecule has 0 atom stereocenters. The standard InChI is InChI=1S/C34H44N4O6/c39-32(42-26-29-14-4-1-5-15-29)36-22-12-21-35-20-10-11-24-38(34(41)44-28-31-18-8-3-9-19-31)25-13-23-37-33(40)43-27-30-16-6-2-7-17-30/h1-9,14-19,35H,10-13,20-28H2,(H,36,39)(H,37,40). The summed E-state index contributed by atoms with van der Waals surface area (Å²) in [5.41, 5.74) is 2.79. The molecule has 3 aromatic carbocycles. The third-order valence-corrected chi connectivity index (χ3v) is 6.59. The molecule has 0 saturated carbocycles. The Bertz CT molecular complexity index is 1210. The van der Waals surface area contributed by atoms with Crippen LogP contribution in [0.1, 0.15) is 42.4 Å². The molecule has 0 aliphatic carbocycles. The van der Waals surface area contributed by atoms with E-state index in [1.54, 1.807) is 4.90 Å². The molecule has 236 valence electrons. The molecule has 0 aromatic heterocycles. The van der Waals surface area contributed by atoms with Crippen LogP contribution < -0.4 is 16.0 Å². The van der Waals surface area contributed by atoms with E-state index in [-0.39, 0.29) is 25.9 Å². The van der Waals surface area contributed by atoms with Gasteiger partial charge in [0, 0.05) is 26.2 Å². The second-order valence-corrected chi connectivity index (χ2v) is 10.2. The molecule has 0 aliphatic rings. The summed E-state index contributed by atoms with van der Waals surface area (Å²) >= 11 is 0. The number of rotatable bonds is 19. The predicted octanol–water partition coefficient (Wildman–Crippen LogP) is 5.63. The number of nitrogens with zero attached hydrogens (tertiary/aromatic N) is 1. The average Bonchev–Trinajstić information content (AvgIpc) is 3.06. The zero-order chi connectivity index (χ0) is 31.1. The van der Waals surface area contributed by atoms with Crippen LogP contribution in [0.3, 0.4) is 0 Å². The quantitative estimate of drug-likeness (QED) is 0.120. The SMILES string of the molecule is O=C(NCCCNCCCCN(CCCNC(=O)OCc1ccccc1)C(=O)OCc1ccccc1)OCc1ccccc1. The molecule has 3 rings (SSSR count). The Balaban J connectivity index is 1.27. The van der Waals surface area contributed by atoms with Gasteiger partial charge in [0.25, 0.3) is 0 Å². The third-order valence-electron chi connectivity index (χ3n) is 6.59. The van der Waals surface area contributed by atoms with Gasteiger partial charge in [-0.15, -0.1) is 0 Å². The number of carbonyl (C=O) groups is 3. The maximum Gasteiger partial charge on any atom is 0.410 e. The van der Waals surface area contributed by atoms with Gasteiger partial charge in [-0.3, -0.25) is 0 Å². The maximum absolute atomic E-state index is 12.9. The molecule has 3 N–H and O–H groups in total. The van der Waals surface area contributed by atoms with Gasteiger partial charge in [0.15, 0.2) is 0 Å². The number of ether oxygens (including phenoxy) is 3. The van der Waals surface area contributed by atoms with Crippen LogP contribution in [-0.2, 0) is 34.0 Å². The summed E-state index contributed by atoms with van der Waals surface area (Å²) < 4.78 is 16.0. The highest BCUT2D eigenvalue weighted by Crippen LogP contribution is 2.06. The maximum atomic E-state index is 12.9. The average molecular weight is 605 g/mol. The van der Waals surface area contributed by atoms with Gasteiger partial charge in [0.1, 0.15) is 19.8 Å². The highest BCUT2D eigenvalue weighted by Gasteiger charge is 2.15. The molecule has 44 heavy (non-hydrogen) atoms.